The second-order valence-electron chi connectivity index (χ2n) is 5.88. The number of esters is 1. The van der Waals surface area contributed by atoms with Crippen LogP contribution in [-0.4, -0.2) is 22.9 Å². The van der Waals surface area contributed by atoms with E-state index in [1.807, 2.05) is 32.0 Å². The SMILES string of the molecule is CC(C)Oc1cccc(/C=C2\N=C(c3cccc([N+](=O)[O-])c3)OC2=O)c1. The highest BCUT2D eigenvalue weighted by atomic mass is 16.6. The van der Waals surface area contributed by atoms with E-state index in [2.05, 4.69) is 4.99 Å². The van der Waals surface area contributed by atoms with Crippen molar-refractivity contribution in [1.29, 1.82) is 0 Å². The summed E-state index contributed by atoms with van der Waals surface area (Å²) in [6, 6.07) is 13.0. The highest BCUT2D eigenvalue weighted by Gasteiger charge is 2.25. The fourth-order valence-electron chi connectivity index (χ4n) is 2.39. The molecule has 0 radical (unpaired) electrons. The molecule has 0 spiro atoms. The van der Waals surface area contributed by atoms with Crippen molar-refractivity contribution in [2.75, 3.05) is 0 Å². The van der Waals surface area contributed by atoms with E-state index in [1.54, 1.807) is 18.2 Å². The van der Waals surface area contributed by atoms with Gasteiger partial charge in [0, 0.05) is 17.7 Å². The molecule has 7 heteroatoms. The Hall–Kier alpha value is -3.48. The Morgan fingerprint density at radius 2 is 1.96 bits per heavy atom. The third-order valence-corrected chi connectivity index (χ3v) is 3.46. The number of cyclic esters (lactones) is 1. The Bertz CT molecular complexity index is 931. The van der Waals surface area contributed by atoms with E-state index >= 15 is 0 Å². The van der Waals surface area contributed by atoms with Crippen molar-refractivity contribution in [1.82, 2.24) is 0 Å². The van der Waals surface area contributed by atoms with Crippen LogP contribution in [0.5, 0.6) is 5.75 Å². The van der Waals surface area contributed by atoms with Gasteiger partial charge in [-0.25, -0.2) is 9.79 Å². The molecule has 1 aliphatic heterocycles. The molecule has 0 unspecified atom stereocenters. The van der Waals surface area contributed by atoms with Crippen molar-refractivity contribution in [3.8, 4) is 5.75 Å². The van der Waals surface area contributed by atoms with E-state index in [9.17, 15) is 14.9 Å². The van der Waals surface area contributed by atoms with Gasteiger partial charge >= 0.3 is 5.97 Å². The topological polar surface area (TPSA) is 91.0 Å². The van der Waals surface area contributed by atoms with Crippen LogP contribution in [-0.2, 0) is 9.53 Å². The molecule has 0 amide bonds. The van der Waals surface area contributed by atoms with Crippen molar-refractivity contribution >= 4 is 23.6 Å². The first kappa shape index (κ1) is 17.3. The van der Waals surface area contributed by atoms with Crippen LogP contribution >= 0.6 is 0 Å². The Kier molecular flexibility index (Phi) is 4.79. The molecular formula is C19H16N2O5. The zero-order chi connectivity index (χ0) is 18.7. The predicted octanol–water partition coefficient (Wildman–Crippen LogP) is 3.73. The lowest BCUT2D eigenvalue weighted by molar-refractivity contribution is -0.384. The Labute approximate surface area is 149 Å². The van der Waals surface area contributed by atoms with Gasteiger partial charge in [-0.1, -0.05) is 18.2 Å². The van der Waals surface area contributed by atoms with Gasteiger partial charge < -0.3 is 9.47 Å². The summed E-state index contributed by atoms with van der Waals surface area (Å²) in [6.45, 7) is 3.85. The summed E-state index contributed by atoms with van der Waals surface area (Å²) < 4.78 is 10.8. The van der Waals surface area contributed by atoms with Gasteiger partial charge in [0.1, 0.15) is 5.75 Å². The first-order chi connectivity index (χ1) is 12.4. The summed E-state index contributed by atoms with van der Waals surface area (Å²) in [5.74, 6) is 0.116. The number of nitro groups is 1. The third kappa shape index (κ3) is 3.94. The predicted molar refractivity (Wildman–Crippen MR) is 95.9 cm³/mol. The number of nitrogens with zero attached hydrogens (tertiary/aromatic N) is 2. The number of ether oxygens (including phenoxy) is 2. The smallest absolute Gasteiger partial charge is 0.363 e. The molecule has 2 aromatic rings. The van der Waals surface area contributed by atoms with E-state index in [-0.39, 0.29) is 23.4 Å². The summed E-state index contributed by atoms with van der Waals surface area (Å²) in [5, 5.41) is 10.9. The summed E-state index contributed by atoms with van der Waals surface area (Å²) >= 11 is 0. The van der Waals surface area contributed by atoms with Crippen molar-refractivity contribution < 1.29 is 19.2 Å². The molecule has 1 aliphatic rings. The molecule has 2 aromatic carbocycles. The molecule has 0 aromatic heterocycles. The van der Waals surface area contributed by atoms with Gasteiger partial charge in [0.15, 0.2) is 5.70 Å². The van der Waals surface area contributed by atoms with Gasteiger partial charge in [-0.15, -0.1) is 0 Å². The van der Waals surface area contributed by atoms with Crippen LogP contribution in [0.4, 0.5) is 5.69 Å². The number of aliphatic imine (C=N–C) groups is 1. The van der Waals surface area contributed by atoms with Gasteiger partial charge in [-0.05, 0) is 43.7 Å². The molecule has 7 nitrogen and oxygen atoms in total. The monoisotopic (exact) mass is 352 g/mol. The van der Waals surface area contributed by atoms with E-state index < -0.39 is 10.9 Å². The number of hydrogen-bond donors (Lipinski definition) is 0. The largest absolute Gasteiger partial charge is 0.491 e. The van der Waals surface area contributed by atoms with Gasteiger partial charge in [0.25, 0.3) is 5.69 Å². The third-order valence-electron chi connectivity index (χ3n) is 3.46. The number of hydrogen-bond acceptors (Lipinski definition) is 6. The number of nitro benzene ring substituents is 1. The maximum absolute atomic E-state index is 12.1. The summed E-state index contributed by atoms with van der Waals surface area (Å²) in [6.07, 6.45) is 1.62. The van der Waals surface area contributed by atoms with Gasteiger partial charge in [0.05, 0.1) is 11.0 Å². The van der Waals surface area contributed by atoms with E-state index in [1.165, 1.54) is 18.2 Å². The fourth-order valence-corrected chi connectivity index (χ4v) is 2.39. The molecule has 0 aliphatic carbocycles. The first-order valence-corrected chi connectivity index (χ1v) is 7.96. The highest BCUT2D eigenvalue weighted by Crippen LogP contribution is 2.23. The quantitative estimate of drug-likeness (QED) is 0.354. The van der Waals surface area contributed by atoms with Crippen LogP contribution in [0.1, 0.15) is 25.0 Å². The highest BCUT2D eigenvalue weighted by molar-refractivity contribution is 6.13. The van der Waals surface area contributed by atoms with Crippen LogP contribution in [0, 0.1) is 10.1 Å². The lowest BCUT2D eigenvalue weighted by atomic mass is 10.2. The zero-order valence-electron chi connectivity index (χ0n) is 14.2. The van der Waals surface area contributed by atoms with E-state index in [0.29, 0.717) is 11.3 Å². The van der Waals surface area contributed by atoms with E-state index in [4.69, 9.17) is 9.47 Å². The minimum Gasteiger partial charge on any atom is -0.491 e. The molecule has 0 saturated heterocycles. The van der Waals surface area contributed by atoms with Crippen molar-refractivity contribution in [3.63, 3.8) is 0 Å². The molecular weight excluding hydrogens is 336 g/mol. The zero-order valence-corrected chi connectivity index (χ0v) is 14.2. The normalized spacial score (nSPS) is 15.1. The average molecular weight is 352 g/mol. The number of carbonyl (C=O) groups excluding carboxylic acids is 1. The van der Waals surface area contributed by atoms with Crippen molar-refractivity contribution in [2.24, 2.45) is 4.99 Å². The first-order valence-electron chi connectivity index (χ1n) is 7.96. The van der Waals surface area contributed by atoms with E-state index in [0.717, 1.165) is 5.56 Å². The summed E-state index contributed by atoms with van der Waals surface area (Å²) in [4.78, 5) is 26.6. The summed E-state index contributed by atoms with van der Waals surface area (Å²) in [7, 11) is 0. The lowest BCUT2D eigenvalue weighted by Gasteiger charge is -2.09. The Morgan fingerprint density at radius 1 is 1.19 bits per heavy atom. The van der Waals surface area contributed by atoms with Crippen LogP contribution in [0.15, 0.2) is 59.2 Å². The van der Waals surface area contributed by atoms with Crippen LogP contribution in [0.3, 0.4) is 0 Å². The molecule has 0 fully saturated rings. The maximum atomic E-state index is 12.1. The Balaban J connectivity index is 1.89. The van der Waals surface area contributed by atoms with Crippen LogP contribution < -0.4 is 4.74 Å². The molecule has 132 valence electrons. The lowest BCUT2D eigenvalue weighted by Crippen LogP contribution is -2.06. The minimum absolute atomic E-state index is 0.0350. The minimum atomic E-state index is -0.610. The molecule has 0 bridgehead atoms. The number of non-ortho nitro benzene ring substituents is 1. The molecule has 3 rings (SSSR count). The second kappa shape index (κ2) is 7.18. The molecule has 0 atom stereocenters. The van der Waals surface area contributed by atoms with Gasteiger partial charge in [0.2, 0.25) is 5.90 Å². The number of rotatable bonds is 5. The average Bonchev–Trinajstić information content (AvgIpc) is 2.95. The maximum Gasteiger partial charge on any atom is 0.363 e. The standard InChI is InChI=1S/C19H16N2O5/c1-12(2)25-16-8-3-5-13(9-16)10-17-19(22)26-18(20-17)14-6-4-7-15(11-14)21(23)24/h3-12H,1-2H3/b17-10-. The van der Waals surface area contributed by atoms with Gasteiger partial charge in [-0.3, -0.25) is 10.1 Å². The molecule has 0 N–H and O–H groups in total. The van der Waals surface area contributed by atoms with Crippen LogP contribution in [0.25, 0.3) is 6.08 Å². The number of carbonyl (C=O) groups is 1. The number of benzene rings is 2. The van der Waals surface area contributed by atoms with Crippen molar-refractivity contribution in [2.45, 2.75) is 20.0 Å². The van der Waals surface area contributed by atoms with Gasteiger partial charge in [-0.2, -0.15) is 0 Å². The van der Waals surface area contributed by atoms with Crippen molar-refractivity contribution in [3.05, 3.63) is 75.5 Å². The summed E-state index contributed by atoms with van der Waals surface area (Å²) in [5.41, 5.74) is 1.12. The molecule has 1 heterocycles. The molecule has 0 saturated carbocycles. The fraction of sp³-hybridized carbons (Fsp3) is 0.158. The van der Waals surface area contributed by atoms with Crippen LogP contribution in [0.2, 0.25) is 0 Å². The molecule has 26 heavy (non-hydrogen) atoms. The second-order valence-corrected chi connectivity index (χ2v) is 5.88. The Morgan fingerprint density at radius 3 is 2.69 bits per heavy atom.